The van der Waals surface area contributed by atoms with Crippen molar-refractivity contribution >= 4 is 50.7 Å². The summed E-state index contributed by atoms with van der Waals surface area (Å²) in [5, 5.41) is 2.92. The topological polar surface area (TPSA) is 62.3 Å². The number of carbonyl (C=O) groups is 2. The molecular formula is C20H18ClN3O2S. The zero-order valence-corrected chi connectivity index (χ0v) is 16.1. The number of nitrogens with zero attached hydrogens (tertiary/aromatic N) is 2. The number of likely N-dealkylation sites (tertiary alicyclic amines) is 1. The molecule has 27 heavy (non-hydrogen) atoms. The molecule has 5 nitrogen and oxygen atoms in total. The van der Waals surface area contributed by atoms with Gasteiger partial charge in [0.2, 0.25) is 11.8 Å². The van der Waals surface area contributed by atoms with Crippen LogP contribution in [0.3, 0.4) is 0 Å². The van der Waals surface area contributed by atoms with Crippen LogP contribution in [0.1, 0.15) is 12.0 Å². The van der Waals surface area contributed by atoms with Gasteiger partial charge in [-0.2, -0.15) is 0 Å². The number of amides is 2. The number of rotatable bonds is 5. The molecule has 0 spiro atoms. The Morgan fingerprint density at radius 3 is 2.89 bits per heavy atom. The van der Waals surface area contributed by atoms with Crippen molar-refractivity contribution in [3.8, 4) is 0 Å². The molecule has 7 heteroatoms. The normalized spacial score (nSPS) is 16.9. The first-order valence-electron chi connectivity index (χ1n) is 8.77. The number of hydrogen-bond donors (Lipinski definition) is 1. The molecule has 1 saturated heterocycles. The van der Waals surface area contributed by atoms with Gasteiger partial charge >= 0.3 is 0 Å². The van der Waals surface area contributed by atoms with Crippen molar-refractivity contribution in [2.75, 3.05) is 18.4 Å². The smallest absolute Gasteiger partial charge is 0.229 e. The van der Waals surface area contributed by atoms with Gasteiger partial charge in [-0.25, -0.2) is 4.98 Å². The third-order valence-electron chi connectivity index (χ3n) is 4.73. The summed E-state index contributed by atoms with van der Waals surface area (Å²) in [6.07, 6.45) is 1.05. The number of fused-ring (bicyclic) bond motifs is 1. The molecule has 0 aliphatic carbocycles. The average molecular weight is 400 g/mol. The molecule has 1 atom stereocenters. The maximum atomic E-state index is 12.6. The molecule has 2 aromatic carbocycles. The van der Waals surface area contributed by atoms with Crippen molar-refractivity contribution in [3.63, 3.8) is 0 Å². The van der Waals surface area contributed by atoms with E-state index in [0.717, 1.165) is 16.6 Å². The van der Waals surface area contributed by atoms with Gasteiger partial charge in [0.1, 0.15) is 0 Å². The van der Waals surface area contributed by atoms with Crippen LogP contribution in [-0.2, 0) is 16.0 Å². The van der Waals surface area contributed by atoms with E-state index in [9.17, 15) is 9.59 Å². The van der Waals surface area contributed by atoms with Crippen molar-refractivity contribution in [2.24, 2.45) is 5.92 Å². The third kappa shape index (κ3) is 4.12. The molecule has 1 N–H and O–H groups in total. The lowest BCUT2D eigenvalue weighted by Crippen LogP contribution is -2.30. The van der Waals surface area contributed by atoms with Crippen LogP contribution in [0, 0.1) is 5.92 Å². The molecule has 1 aliphatic heterocycles. The maximum Gasteiger partial charge on any atom is 0.229 e. The fourth-order valence-corrected chi connectivity index (χ4v) is 4.36. The number of halogens is 1. The fourth-order valence-electron chi connectivity index (χ4n) is 3.29. The van der Waals surface area contributed by atoms with Crippen LogP contribution in [0.5, 0.6) is 0 Å². The highest BCUT2D eigenvalue weighted by Crippen LogP contribution is 2.28. The Labute approximate surface area is 166 Å². The first-order chi connectivity index (χ1) is 13.1. The maximum absolute atomic E-state index is 12.6. The van der Waals surface area contributed by atoms with Crippen LogP contribution < -0.4 is 5.32 Å². The summed E-state index contributed by atoms with van der Waals surface area (Å²) >= 11 is 7.30. The Hall–Kier alpha value is -2.44. The molecule has 4 rings (SSSR count). The van der Waals surface area contributed by atoms with E-state index in [0.29, 0.717) is 23.2 Å². The number of thiazole rings is 1. The second-order valence-electron chi connectivity index (χ2n) is 6.61. The van der Waals surface area contributed by atoms with Crippen LogP contribution >= 0.6 is 22.9 Å². The Morgan fingerprint density at radius 1 is 1.26 bits per heavy atom. The summed E-state index contributed by atoms with van der Waals surface area (Å²) in [4.78, 5) is 30.8. The monoisotopic (exact) mass is 399 g/mol. The molecule has 138 valence electrons. The van der Waals surface area contributed by atoms with E-state index in [-0.39, 0.29) is 24.2 Å². The number of anilines is 1. The number of hydrogen-bond acceptors (Lipinski definition) is 4. The highest BCUT2D eigenvalue weighted by Gasteiger charge is 2.34. The number of carbonyl (C=O) groups excluding carboxylic acids is 2. The van der Waals surface area contributed by atoms with Gasteiger partial charge in [0.15, 0.2) is 4.47 Å². The van der Waals surface area contributed by atoms with Gasteiger partial charge < -0.3 is 10.2 Å². The third-order valence-corrected chi connectivity index (χ3v) is 5.85. The van der Waals surface area contributed by atoms with Crippen molar-refractivity contribution < 1.29 is 9.59 Å². The van der Waals surface area contributed by atoms with Crippen molar-refractivity contribution in [1.29, 1.82) is 0 Å². The van der Waals surface area contributed by atoms with Crippen molar-refractivity contribution in [2.45, 2.75) is 12.8 Å². The Bertz CT molecular complexity index is 989. The average Bonchev–Trinajstić information content (AvgIpc) is 3.22. The summed E-state index contributed by atoms with van der Waals surface area (Å²) < 4.78 is 1.40. The van der Waals surface area contributed by atoms with E-state index >= 15 is 0 Å². The van der Waals surface area contributed by atoms with E-state index in [2.05, 4.69) is 10.3 Å². The van der Waals surface area contributed by atoms with Gasteiger partial charge in [-0.3, -0.25) is 9.59 Å². The highest BCUT2D eigenvalue weighted by molar-refractivity contribution is 7.22. The van der Waals surface area contributed by atoms with Gasteiger partial charge in [-0.05, 0) is 30.2 Å². The molecule has 1 unspecified atom stereocenters. The lowest BCUT2D eigenvalue weighted by Gasteiger charge is -2.16. The standard InChI is InChI=1S/C20H18ClN3O2S/c21-20-23-16-7-6-15(11-17(16)27-20)22-19(26)14-10-18(25)24(12-14)9-8-13-4-2-1-3-5-13/h1-7,11,14H,8-10,12H2,(H,22,26). The second-order valence-corrected chi connectivity index (χ2v) is 8.23. The summed E-state index contributed by atoms with van der Waals surface area (Å²) in [7, 11) is 0. The molecule has 2 amide bonds. The molecule has 1 aliphatic rings. The van der Waals surface area contributed by atoms with Crippen LogP contribution in [0.2, 0.25) is 4.47 Å². The van der Waals surface area contributed by atoms with E-state index in [1.165, 1.54) is 16.9 Å². The van der Waals surface area contributed by atoms with Crippen molar-refractivity contribution in [1.82, 2.24) is 9.88 Å². The highest BCUT2D eigenvalue weighted by atomic mass is 35.5. The molecule has 0 radical (unpaired) electrons. The number of aromatic nitrogens is 1. The van der Waals surface area contributed by atoms with Crippen LogP contribution in [0.4, 0.5) is 5.69 Å². The molecule has 2 heterocycles. The quantitative estimate of drug-likeness (QED) is 0.705. The molecular weight excluding hydrogens is 382 g/mol. The van der Waals surface area contributed by atoms with Crippen LogP contribution in [0.25, 0.3) is 10.2 Å². The minimum absolute atomic E-state index is 0.0378. The minimum atomic E-state index is -0.325. The minimum Gasteiger partial charge on any atom is -0.342 e. The van der Waals surface area contributed by atoms with Gasteiger partial charge in [0.05, 0.1) is 16.1 Å². The van der Waals surface area contributed by atoms with Gasteiger partial charge in [-0.15, -0.1) is 11.3 Å². The van der Waals surface area contributed by atoms with Gasteiger partial charge in [-0.1, -0.05) is 41.9 Å². The van der Waals surface area contributed by atoms with E-state index in [1.807, 2.05) is 42.5 Å². The van der Waals surface area contributed by atoms with Crippen molar-refractivity contribution in [3.05, 3.63) is 58.6 Å². The summed E-state index contributed by atoms with van der Waals surface area (Å²) in [6, 6.07) is 15.6. The summed E-state index contributed by atoms with van der Waals surface area (Å²) in [5.41, 5.74) is 2.70. The number of benzene rings is 2. The molecule has 0 saturated carbocycles. The predicted octanol–water partition coefficient (Wildman–Crippen LogP) is 3.98. The second kappa shape index (κ2) is 7.66. The largest absolute Gasteiger partial charge is 0.342 e. The van der Waals surface area contributed by atoms with E-state index in [4.69, 9.17) is 11.6 Å². The summed E-state index contributed by atoms with van der Waals surface area (Å²) in [5.74, 6) is -0.412. The number of nitrogens with one attached hydrogen (secondary N) is 1. The zero-order valence-electron chi connectivity index (χ0n) is 14.5. The zero-order chi connectivity index (χ0) is 18.8. The van der Waals surface area contributed by atoms with Crippen LogP contribution in [-0.4, -0.2) is 34.8 Å². The molecule has 0 bridgehead atoms. The molecule has 1 fully saturated rings. The predicted molar refractivity (Wildman–Crippen MR) is 108 cm³/mol. The van der Waals surface area contributed by atoms with E-state index in [1.54, 1.807) is 11.0 Å². The Balaban J connectivity index is 1.36. The lowest BCUT2D eigenvalue weighted by atomic mass is 10.1. The van der Waals surface area contributed by atoms with Gasteiger partial charge in [0, 0.05) is 25.2 Å². The molecule has 3 aromatic rings. The van der Waals surface area contributed by atoms with E-state index < -0.39 is 0 Å². The first-order valence-corrected chi connectivity index (χ1v) is 9.96. The first kappa shape index (κ1) is 17.9. The van der Waals surface area contributed by atoms with Crippen LogP contribution in [0.15, 0.2) is 48.5 Å². The molecule has 1 aromatic heterocycles. The fraction of sp³-hybridized carbons (Fsp3) is 0.250. The summed E-state index contributed by atoms with van der Waals surface area (Å²) in [6.45, 7) is 1.10. The lowest BCUT2D eigenvalue weighted by molar-refractivity contribution is -0.128. The Kier molecular flexibility index (Phi) is 5.09. The Morgan fingerprint density at radius 2 is 2.07 bits per heavy atom. The SMILES string of the molecule is O=C(Nc1ccc2nc(Cl)sc2c1)C1CC(=O)N(CCc2ccccc2)C1. The van der Waals surface area contributed by atoms with Gasteiger partial charge in [0.25, 0.3) is 0 Å².